The van der Waals surface area contributed by atoms with Crippen molar-refractivity contribution in [2.45, 2.75) is 27.3 Å². The minimum absolute atomic E-state index is 0.120. The number of ether oxygens (including phenoxy) is 1. The number of hydrogen-bond acceptors (Lipinski definition) is 6. The third kappa shape index (κ3) is 5.08. The highest BCUT2D eigenvalue weighted by Gasteiger charge is 2.18. The van der Waals surface area contributed by atoms with Crippen molar-refractivity contribution in [2.24, 2.45) is 0 Å². The number of hydrogen-bond donors (Lipinski definition) is 1. The molecular weight excluding hydrogens is 482 g/mol. The van der Waals surface area contributed by atoms with Crippen LogP contribution >= 0.6 is 0 Å². The summed E-state index contributed by atoms with van der Waals surface area (Å²) < 4.78 is 7.42. The molecule has 0 radical (unpaired) electrons. The number of amides is 1. The van der Waals surface area contributed by atoms with Gasteiger partial charge in [0.1, 0.15) is 18.0 Å². The first kappa shape index (κ1) is 24.6. The maximum Gasteiger partial charge on any atom is 0.275 e. The van der Waals surface area contributed by atoms with Crippen molar-refractivity contribution >= 4 is 28.3 Å². The van der Waals surface area contributed by atoms with E-state index in [1.165, 1.54) is 12.1 Å². The molecule has 0 spiro atoms. The van der Waals surface area contributed by atoms with Crippen molar-refractivity contribution in [2.75, 3.05) is 5.32 Å². The van der Waals surface area contributed by atoms with Gasteiger partial charge >= 0.3 is 0 Å². The molecule has 9 nitrogen and oxygen atoms in total. The molecule has 0 saturated carbocycles. The topological polar surface area (TPSA) is 112 Å². The van der Waals surface area contributed by atoms with E-state index in [0.717, 1.165) is 33.3 Å². The maximum atomic E-state index is 13.0. The van der Waals surface area contributed by atoms with Gasteiger partial charge in [-0.1, -0.05) is 48.0 Å². The molecule has 9 heteroatoms. The van der Waals surface area contributed by atoms with E-state index < -0.39 is 10.8 Å². The second-order valence-corrected chi connectivity index (χ2v) is 9.06. The zero-order valence-corrected chi connectivity index (χ0v) is 21.1. The molecule has 5 rings (SSSR count). The zero-order valence-electron chi connectivity index (χ0n) is 21.1. The number of aromatic nitrogens is 3. The van der Waals surface area contributed by atoms with E-state index in [1.807, 2.05) is 63.2 Å². The third-order valence-corrected chi connectivity index (χ3v) is 6.14. The number of nitro benzene ring substituents is 1. The zero-order chi connectivity index (χ0) is 26.8. The van der Waals surface area contributed by atoms with Gasteiger partial charge in [0, 0.05) is 23.7 Å². The van der Waals surface area contributed by atoms with Crippen LogP contribution in [0, 0.1) is 30.9 Å². The monoisotopic (exact) mass is 507 g/mol. The molecule has 0 aliphatic carbocycles. The first-order valence-electron chi connectivity index (χ1n) is 12.0. The van der Waals surface area contributed by atoms with Crippen LogP contribution in [0.1, 0.15) is 16.8 Å². The Morgan fingerprint density at radius 2 is 1.84 bits per heavy atom. The number of fused-ring (bicyclic) bond motifs is 1. The van der Waals surface area contributed by atoms with E-state index in [2.05, 4.69) is 21.5 Å². The number of carbonyl (C=O) groups is 1. The highest BCUT2D eigenvalue weighted by Crippen LogP contribution is 2.32. The summed E-state index contributed by atoms with van der Waals surface area (Å²) >= 11 is 0. The quantitative estimate of drug-likeness (QED) is 0.203. The molecule has 1 N–H and O–H groups in total. The fourth-order valence-electron chi connectivity index (χ4n) is 4.40. The predicted molar refractivity (Wildman–Crippen MR) is 145 cm³/mol. The van der Waals surface area contributed by atoms with Crippen LogP contribution in [0.5, 0.6) is 11.5 Å². The van der Waals surface area contributed by atoms with Crippen molar-refractivity contribution < 1.29 is 14.5 Å². The third-order valence-electron chi connectivity index (χ3n) is 6.14. The number of nitrogens with zero attached hydrogens (tertiary/aromatic N) is 4. The van der Waals surface area contributed by atoms with E-state index in [0.29, 0.717) is 11.4 Å². The van der Waals surface area contributed by atoms with Gasteiger partial charge in [-0.3, -0.25) is 14.9 Å². The number of pyridine rings is 1. The van der Waals surface area contributed by atoms with Gasteiger partial charge in [-0.25, -0.2) is 9.67 Å². The molecule has 0 bridgehead atoms. The van der Waals surface area contributed by atoms with E-state index >= 15 is 0 Å². The van der Waals surface area contributed by atoms with E-state index in [9.17, 15) is 14.9 Å². The van der Waals surface area contributed by atoms with Gasteiger partial charge in [-0.15, -0.1) is 0 Å². The lowest BCUT2D eigenvalue weighted by atomic mass is 10.0. The van der Waals surface area contributed by atoms with E-state index in [1.54, 1.807) is 23.0 Å². The molecule has 38 heavy (non-hydrogen) atoms. The van der Waals surface area contributed by atoms with E-state index in [4.69, 9.17) is 4.74 Å². The fraction of sp³-hybridized carbons (Fsp3) is 0.138. The summed E-state index contributed by atoms with van der Waals surface area (Å²) in [6.07, 6.45) is 1.70. The molecule has 1 amide bonds. The lowest BCUT2D eigenvalue weighted by Crippen LogP contribution is -2.20. The van der Waals surface area contributed by atoms with Gasteiger partial charge in [-0.05, 0) is 49.6 Å². The summed E-state index contributed by atoms with van der Waals surface area (Å²) in [6.45, 7) is 5.68. The summed E-state index contributed by atoms with van der Waals surface area (Å²) in [5.41, 5.74) is 5.43. The van der Waals surface area contributed by atoms with Crippen LogP contribution in [-0.2, 0) is 11.3 Å². The van der Waals surface area contributed by atoms with Crippen LogP contribution in [0.3, 0.4) is 0 Å². The maximum absolute atomic E-state index is 13.0. The summed E-state index contributed by atoms with van der Waals surface area (Å²) in [7, 11) is 0. The predicted octanol–water partition coefficient (Wildman–Crippen LogP) is 6.36. The minimum Gasteiger partial charge on any atom is -0.457 e. The number of benzene rings is 3. The molecular formula is C29H25N5O4. The van der Waals surface area contributed by atoms with Gasteiger partial charge in [0.2, 0.25) is 5.91 Å². The molecule has 0 atom stereocenters. The van der Waals surface area contributed by atoms with Crippen molar-refractivity contribution in [1.82, 2.24) is 14.8 Å². The summed E-state index contributed by atoms with van der Waals surface area (Å²) in [6, 6.07) is 21.6. The van der Waals surface area contributed by atoms with Crippen LogP contribution in [0.15, 0.2) is 79.0 Å². The van der Waals surface area contributed by atoms with Crippen molar-refractivity contribution in [3.63, 3.8) is 0 Å². The molecule has 0 aliphatic heterocycles. The molecule has 2 heterocycles. The molecule has 0 saturated heterocycles. The van der Waals surface area contributed by atoms with Gasteiger partial charge in [0.05, 0.1) is 22.4 Å². The molecule has 5 aromatic rings. The molecule has 0 unspecified atom stereocenters. The van der Waals surface area contributed by atoms with Crippen LogP contribution in [0.25, 0.3) is 22.2 Å². The molecule has 190 valence electrons. The van der Waals surface area contributed by atoms with Gasteiger partial charge in [-0.2, -0.15) is 5.10 Å². The molecule has 0 fully saturated rings. The number of rotatable bonds is 7. The first-order chi connectivity index (χ1) is 18.3. The lowest BCUT2D eigenvalue weighted by molar-refractivity contribution is -0.384. The molecule has 0 aliphatic rings. The van der Waals surface area contributed by atoms with Crippen molar-refractivity contribution in [3.05, 3.63) is 106 Å². The van der Waals surface area contributed by atoms with Crippen LogP contribution in [-0.4, -0.2) is 25.6 Å². The fourth-order valence-corrected chi connectivity index (χ4v) is 4.40. The van der Waals surface area contributed by atoms with Gasteiger partial charge in [0.25, 0.3) is 5.69 Å². The molecule has 2 aromatic heterocycles. The van der Waals surface area contributed by atoms with Crippen LogP contribution in [0.4, 0.5) is 11.4 Å². The van der Waals surface area contributed by atoms with Crippen molar-refractivity contribution in [1.29, 1.82) is 0 Å². The SMILES string of the molecule is Cc1cccc(-c2ccnc3c2c(C)nn3CC(=O)Nc2cc(Oc3ccccc3C)cc([N+](=O)[O-])c2)c1. The standard InChI is InChI=1S/C29H25N5O4/c1-18-7-6-9-21(13-18)25-11-12-30-29-28(25)20(3)32-33(29)17-27(35)31-22-14-23(34(36)37)16-24(15-22)38-26-10-5-4-8-19(26)2/h4-16H,17H2,1-3H3,(H,31,35). The average Bonchev–Trinajstić information content (AvgIpc) is 3.20. The Morgan fingerprint density at radius 3 is 2.61 bits per heavy atom. The Morgan fingerprint density at radius 1 is 1.03 bits per heavy atom. The normalized spacial score (nSPS) is 10.9. The van der Waals surface area contributed by atoms with Crippen LogP contribution in [0.2, 0.25) is 0 Å². The summed E-state index contributed by atoms with van der Waals surface area (Å²) in [5.74, 6) is 0.410. The Bertz CT molecular complexity index is 1690. The highest BCUT2D eigenvalue weighted by molar-refractivity contribution is 5.96. The Kier molecular flexibility index (Phi) is 6.57. The summed E-state index contributed by atoms with van der Waals surface area (Å²) in [5, 5.41) is 19.7. The largest absolute Gasteiger partial charge is 0.457 e. The minimum atomic E-state index is -0.526. The number of nitro groups is 1. The number of nitrogens with one attached hydrogen (secondary N) is 1. The highest BCUT2D eigenvalue weighted by atomic mass is 16.6. The Labute approximate surface area is 218 Å². The first-order valence-corrected chi connectivity index (χ1v) is 12.0. The number of non-ortho nitro benzene ring substituents is 1. The van der Waals surface area contributed by atoms with E-state index in [-0.39, 0.29) is 23.7 Å². The smallest absolute Gasteiger partial charge is 0.275 e. The second-order valence-electron chi connectivity index (χ2n) is 9.06. The lowest BCUT2D eigenvalue weighted by Gasteiger charge is -2.11. The van der Waals surface area contributed by atoms with Gasteiger partial charge < -0.3 is 10.1 Å². The Balaban J connectivity index is 1.42. The summed E-state index contributed by atoms with van der Waals surface area (Å²) in [4.78, 5) is 28.5. The number of aryl methyl sites for hydroxylation is 3. The number of carbonyl (C=O) groups excluding carboxylic acids is 1. The number of anilines is 1. The van der Waals surface area contributed by atoms with Crippen LogP contribution < -0.4 is 10.1 Å². The second kappa shape index (κ2) is 10.1. The Hall–Kier alpha value is -5.05. The van der Waals surface area contributed by atoms with Crippen molar-refractivity contribution in [3.8, 4) is 22.6 Å². The number of para-hydroxylation sites is 1. The average molecular weight is 508 g/mol. The molecule has 3 aromatic carbocycles. The van der Waals surface area contributed by atoms with Gasteiger partial charge in [0.15, 0.2) is 5.65 Å².